The number of rotatable bonds is 3. The molecule has 2 aromatic carbocycles. The number of fused-ring (bicyclic) bond motifs is 2. The van der Waals surface area contributed by atoms with Crippen molar-refractivity contribution in [3.05, 3.63) is 83.2 Å². The third kappa shape index (κ3) is 3.44. The fourth-order valence-electron chi connectivity index (χ4n) is 2.93. The second-order valence-electron chi connectivity index (χ2n) is 6.44. The van der Waals surface area contributed by atoms with Gasteiger partial charge in [0.2, 0.25) is 0 Å². The van der Waals surface area contributed by atoms with Crippen LogP contribution >= 0.6 is 0 Å². The summed E-state index contributed by atoms with van der Waals surface area (Å²) in [5.74, 6) is -0.643. The first kappa shape index (κ1) is 18.1. The summed E-state index contributed by atoms with van der Waals surface area (Å²) in [6, 6.07) is 15.3. The predicted octanol–water partition coefficient (Wildman–Crippen LogP) is 3.05. The van der Waals surface area contributed by atoms with Crippen LogP contribution in [-0.2, 0) is 17.3 Å². The molecule has 0 aliphatic carbocycles. The molecule has 28 heavy (non-hydrogen) atoms. The van der Waals surface area contributed by atoms with E-state index in [2.05, 4.69) is 15.6 Å². The van der Waals surface area contributed by atoms with E-state index in [4.69, 9.17) is 0 Å². The first-order valence-electron chi connectivity index (χ1n) is 8.69. The molecule has 0 radical (unpaired) electrons. The fraction of sp³-hybridized carbons (Fsp3) is 0.0952. The largest absolute Gasteiger partial charge is 0.346 e. The quantitative estimate of drug-likeness (QED) is 0.718. The van der Waals surface area contributed by atoms with Crippen LogP contribution in [0.4, 0.5) is 5.69 Å². The summed E-state index contributed by atoms with van der Waals surface area (Å²) in [5.41, 5.74) is 2.91. The molecule has 0 spiro atoms. The van der Waals surface area contributed by atoms with E-state index in [1.807, 2.05) is 19.1 Å². The molecule has 1 aromatic heterocycles. The van der Waals surface area contributed by atoms with E-state index in [1.54, 1.807) is 48.7 Å². The van der Waals surface area contributed by atoms with Gasteiger partial charge < -0.3 is 10.6 Å². The zero-order chi connectivity index (χ0) is 19.7. The van der Waals surface area contributed by atoms with Gasteiger partial charge in [-0.3, -0.25) is 14.6 Å². The van der Waals surface area contributed by atoms with Gasteiger partial charge in [0.1, 0.15) is 0 Å². The Bertz CT molecular complexity index is 1110. The number of aromatic nitrogens is 1. The van der Waals surface area contributed by atoms with E-state index >= 15 is 0 Å². The number of benzene rings is 2. The fourth-order valence-corrected chi connectivity index (χ4v) is 4.23. The summed E-state index contributed by atoms with van der Waals surface area (Å²) < 4.78 is 12.9. The maximum atomic E-state index is 12.9. The number of hydrogen-bond donors (Lipinski definition) is 2. The average Bonchev–Trinajstić information content (AvgIpc) is 2.82. The lowest BCUT2D eigenvalue weighted by Crippen LogP contribution is -2.23. The van der Waals surface area contributed by atoms with Gasteiger partial charge in [0.25, 0.3) is 11.8 Å². The minimum atomic E-state index is -1.51. The van der Waals surface area contributed by atoms with Gasteiger partial charge >= 0.3 is 0 Å². The molecule has 140 valence electrons. The number of amides is 2. The van der Waals surface area contributed by atoms with Crippen LogP contribution < -0.4 is 10.6 Å². The Labute approximate surface area is 164 Å². The highest BCUT2D eigenvalue weighted by atomic mass is 32.2. The first-order valence-corrected chi connectivity index (χ1v) is 9.84. The summed E-state index contributed by atoms with van der Waals surface area (Å²) in [6.45, 7) is 2.24. The van der Waals surface area contributed by atoms with Crippen LogP contribution in [0.15, 0.2) is 70.6 Å². The van der Waals surface area contributed by atoms with E-state index in [1.165, 1.54) is 0 Å². The van der Waals surface area contributed by atoms with E-state index in [9.17, 15) is 13.8 Å². The van der Waals surface area contributed by atoms with E-state index in [0.717, 1.165) is 11.3 Å². The van der Waals surface area contributed by atoms with Crippen molar-refractivity contribution >= 4 is 28.3 Å². The second kappa shape index (κ2) is 7.36. The Kier molecular flexibility index (Phi) is 4.75. The highest BCUT2D eigenvalue weighted by molar-refractivity contribution is 7.85. The van der Waals surface area contributed by atoms with Gasteiger partial charge in [0.15, 0.2) is 0 Å². The van der Waals surface area contributed by atoms with Gasteiger partial charge in [-0.1, -0.05) is 18.2 Å². The summed E-state index contributed by atoms with van der Waals surface area (Å²) in [6.07, 6.45) is 1.74. The van der Waals surface area contributed by atoms with Crippen molar-refractivity contribution in [2.75, 3.05) is 5.32 Å². The van der Waals surface area contributed by atoms with E-state index < -0.39 is 10.8 Å². The maximum Gasteiger partial charge on any atom is 0.256 e. The minimum Gasteiger partial charge on any atom is -0.346 e. The van der Waals surface area contributed by atoms with Crippen molar-refractivity contribution in [2.45, 2.75) is 23.3 Å². The van der Waals surface area contributed by atoms with Crippen molar-refractivity contribution in [3.8, 4) is 0 Å². The first-order chi connectivity index (χ1) is 13.5. The molecule has 1 atom stereocenters. The minimum absolute atomic E-state index is 0.292. The monoisotopic (exact) mass is 391 g/mol. The van der Waals surface area contributed by atoms with Crippen molar-refractivity contribution in [1.29, 1.82) is 0 Å². The standard InChI is InChI=1S/C21H17N3O3S/c1-13-6-8-15(22-11-13)12-23-20(25)14-7-9-19-17(10-14)24-21(26)16-4-2-3-5-18(16)28(19)27/h2-11H,12H2,1H3,(H,23,25)(H,24,26). The van der Waals surface area contributed by atoms with Crippen LogP contribution in [0.1, 0.15) is 32.0 Å². The Balaban J connectivity index is 1.58. The lowest BCUT2D eigenvalue weighted by Gasteiger charge is -2.10. The van der Waals surface area contributed by atoms with Crippen molar-refractivity contribution < 1.29 is 13.8 Å². The Hall–Kier alpha value is -3.32. The number of carbonyl (C=O) groups excluding carboxylic acids is 2. The normalized spacial score (nSPS) is 15.0. The zero-order valence-corrected chi connectivity index (χ0v) is 15.9. The van der Waals surface area contributed by atoms with Gasteiger partial charge in [-0.05, 0) is 48.9 Å². The molecule has 4 rings (SSSR count). The molecule has 0 saturated heterocycles. The summed E-state index contributed by atoms with van der Waals surface area (Å²) in [7, 11) is -1.51. The van der Waals surface area contributed by atoms with Gasteiger partial charge in [-0.15, -0.1) is 0 Å². The van der Waals surface area contributed by atoms with E-state index in [0.29, 0.717) is 33.2 Å². The number of pyridine rings is 1. The zero-order valence-electron chi connectivity index (χ0n) is 15.1. The molecular formula is C21H17N3O3S. The predicted molar refractivity (Wildman–Crippen MR) is 106 cm³/mol. The Morgan fingerprint density at radius 1 is 1.11 bits per heavy atom. The Morgan fingerprint density at radius 2 is 1.93 bits per heavy atom. The number of aryl methyl sites for hydroxylation is 1. The molecule has 0 saturated carbocycles. The molecule has 2 amide bonds. The molecule has 1 aliphatic heterocycles. The summed E-state index contributed by atoms with van der Waals surface area (Å²) in [4.78, 5) is 30.2. The molecule has 2 heterocycles. The smallest absolute Gasteiger partial charge is 0.256 e. The third-order valence-electron chi connectivity index (χ3n) is 4.42. The maximum absolute atomic E-state index is 12.9. The number of carbonyl (C=O) groups is 2. The molecule has 0 fully saturated rings. The van der Waals surface area contributed by atoms with Crippen molar-refractivity contribution in [2.24, 2.45) is 0 Å². The molecule has 1 aliphatic rings. The number of nitrogens with one attached hydrogen (secondary N) is 2. The van der Waals surface area contributed by atoms with Crippen LogP contribution in [0.2, 0.25) is 0 Å². The molecule has 7 heteroatoms. The van der Waals surface area contributed by atoms with Crippen LogP contribution in [-0.4, -0.2) is 21.0 Å². The Morgan fingerprint density at radius 3 is 2.71 bits per heavy atom. The highest BCUT2D eigenvalue weighted by Crippen LogP contribution is 2.31. The van der Waals surface area contributed by atoms with Crippen molar-refractivity contribution in [3.63, 3.8) is 0 Å². The molecule has 3 aromatic rings. The van der Waals surface area contributed by atoms with Crippen LogP contribution in [0, 0.1) is 6.92 Å². The van der Waals surface area contributed by atoms with Crippen LogP contribution in [0.25, 0.3) is 0 Å². The highest BCUT2D eigenvalue weighted by Gasteiger charge is 2.25. The SMILES string of the molecule is Cc1ccc(CNC(=O)c2ccc3c(c2)NC(=O)c2ccccc2S3=O)nc1. The molecule has 6 nitrogen and oxygen atoms in total. The molecule has 1 unspecified atom stereocenters. The topological polar surface area (TPSA) is 88.2 Å². The lowest BCUT2D eigenvalue weighted by molar-refractivity contribution is 0.0949. The molecule has 2 N–H and O–H groups in total. The average molecular weight is 391 g/mol. The van der Waals surface area contributed by atoms with Gasteiger partial charge in [0, 0.05) is 11.8 Å². The van der Waals surface area contributed by atoms with Crippen molar-refractivity contribution in [1.82, 2.24) is 10.3 Å². The second-order valence-corrected chi connectivity index (χ2v) is 7.86. The third-order valence-corrected chi connectivity index (χ3v) is 5.93. The van der Waals surface area contributed by atoms with Gasteiger partial charge in [0.05, 0.1) is 44.1 Å². The summed E-state index contributed by atoms with van der Waals surface area (Å²) in [5, 5.41) is 5.57. The van der Waals surface area contributed by atoms with Gasteiger partial charge in [-0.2, -0.15) is 0 Å². The number of hydrogen-bond acceptors (Lipinski definition) is 4. The number of nitrogens with zero attached hydrogens (tertiary/aromatic N) is 1. The van der Waals surface area contributed by atoms with E-state index in [-0.39, 0.29) is 11.8 Å². The molecule has 0 bridgehead atoms. The number of anilines is 1. The molecular weight excluding hydrogens is 374 g/mol. The van der Waals surface area contributed by atoms with Crippen LogP contribution in [0.5, 0.6) is 0 Å². The summed E-state index contributed by atoms with van der Waals surface area (Å²) >= 11 is 0. The lowest BCUT2D eigenvalue weighted by atomic mass is 10.1. The van der Waals surface area contributed by atoms with Crippen LogP contribution in [0.3, 0.4) is 0 Å². The van der Waals surface area contributed by atoms with Gasteiger partial charge in [-0.25, -0.2) is 4.21 Å².